The van der Waals surface area contributed by atoms with Gasteiger partial charge in [0.1, 0.15) is 0 Å². The van der Waals surface area contributed by atoms with E-state index in [1.807, 2.05) is 0 Å². The van der Waals surface area contributed by atoms with Crippen LogP contribution in [0, 0.1) is 11.3 Å². The summed E-state index contributed by atoms with van der Waals surface area (Å²) in [6, 6.07) is 0.590. The molecule has 1 nitrogen and oxygen atoms in total. The number of likely N-dealkylation sites (tertiary alicyclic amines) is 1. The highest BCUT2D eigenvalue weighted by atomic mass is 19.3. The molecule has 94 valence electrons. The van der Waals surface area contributed by atoms with Gasteiger partial charge in [-0.25, -0.2) is 8.78 Å². The van der Waals surface area contributed by atoms with Gasteiger partial charge in [0, 0.05) is 25.4 Å². The Kier molecular flexibility index (Phi) is 3.02. The molecular weight excluding hydrogens is 208 g/mol. The van der Waals surface area contributed by atoms with Crippen molar-refractivity contribution in [1.82, 2.24) is 4.90 Å². The molecule has 1 unspecified atom stereocenters. The van der Waals surface area contributed by atoms with Gasteiger partial charge in [-0.1, -0.05) is 13.8 Å². The lowest BCUT2D eigenvalue weighted by atomic mass is 9.71. The van der Waals surface area contributed by atoms with Gasteiger partial charge in [-0.3, -0.25) is 0 Å². The Morgan fingerprint density at radius 2 is 1.69 bits per heavy atom. The van der Waals surface area contributed by atoms with Crippen LogP contribution in [0.3, 0.4) is 0 Å². The summed E-state index contributed by atoms with van der Waals surface area (Å²) in [6.45, 7) is 5.49. The minimum absolute atomic E-state index is 0.103. The Morgan fingerprint density at radius 3 is 2.12 bits per heavy atom. The molecule has 2 aliphatic rings. The summed E-state index contributed by atoms with van der Waals surface area (Å²) in [5, 5.41) is 0. The fraction of sp³-hybridized carbons (Fsp3) is 1.00. The molecule has 0 amide bonds. The first-order valence-electron chi connectivity index (χ1n) is 6.42. The SMILES string of the molecule is CC(C)C1CC2(CCC(F)(F)CC2)CN1C. The summed E-state index contributed by atoms with van der Waals surface area (Å²) < 4.78 is 26.4. The summed E-state index contributed by atoms with van der Waals surface area (Å²) in [4.78, 5) is 2.38. The zero-order chi connectivity index (χ0) is 12.0. The Balaban J connectivity index is 2.02. The predicted octanol–water partition coefficient (Wildman–Crippen LogP) is 3.54. The van der Waals surface area contributed by atoms with Crippen LogP contribution in [0.4, 0.5) is 8.78 Å². The van der Waals surface area contributed by atoms with Crippen molar-refractivity contribution in [2.45, 2.75) is 57.9 Å². The second-order valence-corrected chi connectivity index (χ2v) is 6.29. The van der Waals surface area contributed by atoms with Crippen molar-refractivity contribution in [1.29, 1.82) is 0 Å². The second kappa shape index (κ2) is 3.94. The van der Waals surface area contributed by atoms with E-state index in [0.29, 0.717) is 24.8 Å². The van der Waals surface area contributed by atoms with Crippen LogP contribution in [0.5, 0.6) is 0 Å². The van der Waals surface area contributed by atoms with E-state index < -0.39 is 5.92 Å². The van der Waals surface area contributed by atoms with Crippen LogP contribution in [0.15, 0.2) is 0 Å². The zero-order valence-corrected chi connectivity index (χ0v) is 10.6. The van der Waals surface area contributed by atoms with Crippen molar-refractivity contribution in [3.8, 4) is 0 Å². The van der Waals surface area contributed by atoms with Gasteiger partial charge in [-0.15, -0.1) is 0 Å². The standard InChI is InChI=1S/C13H23F2N/c1-10(2)11-8-12(9-16(11)3)4-6-13(14,15)7-5-12/h10-11H,4-9H2,1-3H3. The van der Waals surface area contributed by atoms with Crippen molar-refractivity contribution >= 4 is 0 Å². The molecule has 2 fully saturated rings. The van der Waals surface area contributed by atoms with Gasteiger partial charge < -0.3 is 4.90 Å². The molecule has 1 heterocycles. The Hall–Kier alpha value is -0.180. The molecular formula is C13H23F2N. The van der Waals surface area contributed by atoms with E-state index in [2.05, 4.69) is 25.8 Å². The summed E-state index contributed by atoms with van der Waals surface area (Å²) in [5.74, 6) is -1.76. The Labute approximate surface area is 97.2 Å². The summed E-state index contributed by atoms with van der Waals surface area (Å²) >= 11 is 0. The Morgan fingerprint density at radius 1 is 1.12 bits per heavy atom. The highest BCUT2D eigenvalue weighted by Gasteiger charge is 2.49. The van der Waals surface area contributed by atoms with Gasteiger partial charge in [-0.2, -0.15) is 0 Å². The largest absolute Gasteiger partial charge is 0.303 e. The minimum Gasteiger partial charge on any atom is -0.303 e. The predicted molar refractivity (Wildman–Crippen MR) is 61.7 cm³/mol. The third-order valence-electron chi connectivity index (χ3n) is 4.60. The van der Waals surface area contributed by atoms with Crippen molar-refractivity contribution in [2.75, 3.05) is 13.6 Å². The molecule has 0 radical (unpaired) electrons. The van der Waals surface area contributed by atoms with E-state index in [4.69, 9.17) is 0 Å². The van der Waals surface area contributed by atoms with Crippen LogP contribution < -0.4 is 0 Å². The topological polar surface area (TPSA) is 3.24 Å². The second-order valence-electron chi connectivity index (χ2n) is 6.29. The van der Waals surface area contributed by atoms with E-state index in [1.165, 1.54) is 0 Å². The van der Waals surface area contributed by atoms with E-state index in [9.17, 15) is 8.78 Å². The van der Waals surface area contributed by atoms with Gasteiger partial charge in [0.15, 0.2) is 0 Å². The summed E-state index contributed by atoms with van der Waals surface area (Å²) in [7, 11) is 2.15. The monoisotopic (exact) mass is 231 g/mol. The van der Waals surface area contributed by atoms with Crippen LogP contribution >= 0.6 is 0 Å². The number of halogens is 2. The van der Waals surface area contributed by atoms with Crippen LogP contribution in [-0.4, -0.2) is 30.5 Å². The molecule has 0 aromatic heterocycles. The smallest absolute Gasteiger partial charge is 0.248 e. The molecule has 0 N–H and O–H groups in total. The van der Waals surface area contributed by atoms with Gasteiger partial charge in [-0.05, 0) is 37.6 Å². The van der Waals surface area contributed by atoms with E-state index in [-0.39, 0.29) is 18.3 Å². The third kappa shape index (κ3) is 2.24. The lowest BCUT2D eigenvalue weighted by Gasteiger charge is -2.37. The molecule has 1 spiro atoms. The Bertz CT molecular complexity index is 253. The number of hydrogen-bond donors (Lipinski definition) is 0. The maximum Gasteiger partial charge on any atom is 0.248 e. The molecule has 1 aliphatic carbocycles. The molecule has 3 heteroatoms. The van der Waals surface area contributed by atoms with Crippen molar-refractivity contribution < 1.29 is 8.78 Å². The normalized spacial score (nSPS) is 33.8. The average molecular weight is 231 g/mol. The summed E-state index contributed by atoms with van der Waals surface area (Å²) in [5.41, 5.74) is 0.200. The van der Waals surface area contributed by atoms with Gasteiger partial charge in [0.25, 0.3) is 0 Å². The van der Waals surface area contributed by atoms with E-state index in [1.54, 1.807) is 0 Å². The number of rotatable bonds is 1. The molecule has 1 atom stereocenters. The number of nitrogens with zero attached hydrogens (tertiary/aromatic N) is 1. The lowest BCUT2D eigenvalue weighted by Crippen LogP contribution is -2.35. The lowest BCUT2D eigenvalue weighted by molar-refractivity contribution is -0.0647. The number of alkyl halides is 2. The van der Waals surface area contributed by atoms with Crippen molar-refractivity contribution in [3.63, 3.8) is 0 Å². The van der Waals surface area contributed by atoms with Gasteiger partial charge in [0.05, 0.1) is 0 Å². The zero-order valence-electron chi connectivity index (χ0n) is 10.6. The summed E-state index contributed by atoms with van der Waals surface area (Å²) in [6.07, 6.45) is 2.76. The fourth-order valence-electron chi connectivity index (χ4n) is 3.56. The van der Waals surface area contributed by atoms with Gasteiger partial charge in [0.2, 0.25) is 5.92 Å². The van der Waals surface area contributed by atoms with E-state index >= 15 is 0 Å². The number of hydrogen-bond acceptors (Lipinski definition) is 1. The molecule has 2 rings (SSSR count). The quantitative estimate of drug-likeness (QED) is 0.667. The molecule has 0 aromatic carbocycles. The molecule has 1 aliphatic heterocycles. The van der Waals surface area contributed by atoms with E-state index in [0.717, 1.165) is 13.0 Å². The first-order valence-corrected chi connectivity index (χ1v) is 6.42. The van der Waals surface area contributed by atoms with Crippen LogP contribution in [0.2, 0.25) is 0 Å². The van der Waals surface area contributed by atoms with Gasteiger partial charge >= 0.3 is 0 Å². The maximum atomic E-state index is 13.2. The van der Waals surface area contributed by atoms with Crippen LogP contribution in [0.1, 0.15) is 46.0 Å². The molecule has 1 saturated carbocycles. The molecule has 0 aromatic rings. The van der Waals surface area contributed by atoms with Crippen LogP contribution in [0.25, 0.3) is 0 Å². The minimum atomic E-state index is -2.39. The first kappa shape index (κ1) is 12.3. The molecule has 1 saturated heterocycles. The van der Waals surface area contributed by atoms with Crippen LogP contribution in [-0.2, 0) is 0 Å². The average Bonchev–Trinajstić information content (AvgIpc) is 2.50. The first-order chi connectivity index (χ1) is 7.34. The molecule has 0 bridgehead atoms. The van der Waals surface area contributed by atoms with Crippen molar-refractivity contribution in [3.05, 3.63) is 0 Å². The third-order valence-corrected chi connectivity index (χ3v) is 4.60. The molecule has 16 heavy (non-hydrogen) atoms. The van der Waals surface area contributed by atoms with Crippen molar-refractivity contribution in [2.24, 2.45) is 11.3 Å². The maximum absolute atomic E-state index is 13.2. The highest BCUT2D eigenvalue weighted by Crippen LogP contribution is 2.50. The fourth-order valence-corrected chi connectivity index (χ4v) is 3.56. The highest BCUT2D eigenvalue weighted by molar-refractivity contribution is 4.99.